The van der Waals surface area contributed by atoms with Crippen molar-refractivity contribution in [2.75, 3.05) is 0 Å². The Labute approximate surface area is 33.5 Å². The summed E-state index contributed by atoms with van der Waals surface area (Å²) >= 11 is 4.37. The molecule has 0 saturated heterocycles. The summed E-state index contributed by atoms with van der Waals surface area (Å²) in [5.74, 6) is 0. The highest BCUT2D eigenvalue weighted by molar-refractivity contribution is 8.00. The van der Waals surface area contributed by atoms with E-state index in [-0.39, 0.29) is 0 Å². The first-order valence-electron chi connectivity index (χ1n) is 0.638. The quantitative estimate of drug-likeness (QED) is 0.344. The van der Waals surface area contributed by atoms with E-state index < -0.39 is 0 Å². The lowest BCUT2D eigenvalue weighted by Gasteiger charge is -1.06. The maximum absolute atomic E-state index is 9.06. The number of rotatable bonds is 1. The summed E-state index contributed by atoms with van der Waals surface area (Å²) in [6, 6.07) is 0. The Hall–Kier alpha value is 0.110. The minimum absolute atomic E-state index is 0.296. The normalized spacial score (nSPS) is 5.00. The molecule has 0 aromatic rings. The third kappa shape index (κ3) is 2.11. The van der Waals surface area contributed by atoms with E-state index in [1.807, 2.05) is 0 Å². The van der Waals surface area contributed by atoms with E-state index in [4.69, 9.17) is 4.21 Å². The molecule has 0 spiro atoms. The molecule has 0 aromatic heterocycles. The van der Waals surface area contributed by atoms with Crippen LogP contribution in [0.2, 0.25) is 0 Å². The van der Waals surface area contributed by atoms with Crippen molar-refractivity contribution in [1.29, 1.82) is 0 Å². The lowest BCUT2D eigenvalue weighted by atomic mass is 11.9. The van der Waals surface area contributed by atoms with E-state index in [1.165, 1.54) is 0 Å². The molecular formula is CHOS2+. The Balaban J connectivity index is 2.73. The molecule has 0 heterocycles. The lowest BCUT2D eigenvalue weighted by Crippen LogP contribution is -1.45. The van der Waals surface area contributed by atoms with Gasteiger partial charge in [-0.25, -0.2) is 0 Å². The van der Waals surface area contributed by atoms with E-state index >= 15 is 0 Å². The molecule has 0 amide bonds. The molecule has 0 bridgehead atoms. The van der Waals surface area contributed by atoms with Crippen LogP contribution in [0.1, 0.15) is 0 Å². The summed E-state index contributed by atoms with van der Waals surface area (Å²) in [5.41, 5.74) is 0. The summed E-state index contributed by atoms with van der Waals surface area (Å²) in [5, 5.41) is 0. The summed E-state index contributed by atoms with van der Waals surface area (Å²) in [4.78, 5) is 0. The molecule has 0 N–H and O–H groups in total. The molecule has 0 fully saturated rings. The van der Waals surface area contributed by atoms with Gasteiger partial charge in [0, 0.05) is 4.21 Å². The SMILES string of the molecule is O=[S+]C=S. The fourth-order valence-corrected chi connectivity index (χ4v) is 0. The summed E-state index contributed by atoms with van der Waals surface area (Å²) in [6.45, 7) is 0. The van der Waals surface area contributed by atoms with Gasteiger partial charge in [0.15, 0.2) is 0 Å². The summed E-state index contributed by atoms with van der Waals surface area (Å²) < 4.78 is 10.1. The van der Waals surface area contributed by atoms with Crippen LogP contribution in [-0.2, 0) is 15.9 Å². The second-order valence-electron chi connectivity index (χ2n) is 0.192. The molecule has 0 radical (unpaired) electrons. The smallest absolute Gasteiger partial charge is 0.0177 e. The average molecular weight is 93.2 g/mol. The Morgan fingerprint density at radius 3 is 2.25 bits per heavy atom. The van der Waals surface area contributed by atoms with Crippen molar-refractivity contribution in [2.45, 2.75) is 0 Å². The van der Waals surface area contributed by atoms with Crippen LogP contribution >= 0.6 is 12.2 Å². The third-order valence-electron chi connectivity index (χ3n) is 0.0393. The Morgan fingerprint density at radius 1 is 2.00 bits per heavy atom. The Kier molecular flexibility index (Phi) is 3.20. The Bertz CT molecular complexity index is 27.0. The first-order chi connectivity index (χ1) is 1.91. The van der Waals surface area contributed by atoms with Gasteiger partial charge in [0.25, 0.3) is 0 Å². The minimum atomic E-state index is 0.296. The molecule has 0 aliphatic carbocycles. The van der Waals surface area contributed by atoms with Gasteiger partial charge in [-0.1, -0.05) is 0 Å². The van der Waals surface area contributed by atoms with E-state index in [0.29, 0.717) is 11.7 Å². The molecular weight excluding hydrogens is 92.1 g/mol. The predicted octanol–water partition coefficient (Wildman–Crippen LogP) is 0.372. The highest BCUT2D eigenvalue weighted by Gasteiger charge is 1.71. The van der Waals surface area contributed by atoms with Crippen LogP contribution in [-0.4, -0.2) is 4.70 Å². The largest absolute Gasteiger partial charge is 0.509 e. The molecule has 3 heteroatoms. The van der Waals surface area contributed by atoms with Crippen LogP contribution in [0.5, 0.6) is 0 Å². The van der Waals surface area contributed by atoms with Crippen molar-refractivity contribution >= 4 is 28.6 Å². The predicted molar refractivity (Wildman–Crippen MR) is 21.7 cm³/mol. The highest BCUT2D eigenvalue weighted by Crippen LogP contribution is 1.37. The third-order valence-corrected chi connectivity index (χ3v) is 0.354. The molecule has 1 nitrogen and oxygen atoms in total. The average Bonchev–Trinajstić information content (AvgIpc) is 1.37. The standard InChI is InChI=1S/CHOS2/c2-4-1-3/h1H/q+1. The highest BCUT2D eigenvalue weighted by atomic mass is 32.2. The van der Waals surface area contributed by atoms with Gasteiger partial charge in [0.05, 0.1) is 0 Å². The van der Waals surface area contributed by atoms with Crippen LogP contribution in [0.25, 0.3) is 0 Å². The van der Waals surface area contributed by atoms with Gasteiger partial charge in [-0.2, -0.15) is 0 Å². The van der Waals surface area contributed by atoms with Gasteiger partial charge < -0.3 is 0 Å². The van der Waals surface area contributed by atoms with Crippen molar-refractivity contribution in [3.8, 4) is 0 Å². The van der Waals surface area contributed by atoms with Crippen LogP contribution in [0.15, 0.2) is 0 Å². The zero-order chi connectivity index (χ0) is 3.41. The van der Waals surface area contributed by atoms with Crippen molar-refractivity contribution in [1.82, 2.24) is 0 Å². The minimum Gasteiger partial charge on any atom is -0.0177 e. The van der Waals surface area contributed by atoms with Gasteiger partial charge >= 0.3 is 16.4 Å². The van der Waals surface area contributed by atoms with E-state index in [9.17, 15) is 0 Å². The van der Waals surface area contributed by atoms with Gasteiger partial charge in [0.1, 0.15) is 0 Å². The lowest BCUT2D eigenvalue weighted by molar-refractivity contribution is 0.610. The Morgan fingerprint density at radius 2 is 2.25 bits per heavy atom. The van der Waals surface area contributed by atoms with E-state index in [1.54, 1.807) is 0 Å². The molecule has 0 atom stereocenters. The van der Waals surface area contributed by atoms with Gasteiger partial charge in [-0.3, -0.25) is 0 Å². The van der Waals surface area contributed by atoms with E-state index in [2.05, 4.69) is 12.2 Å². The van der Waals surface area contributed by atoms with Crippen LogP contribution in [0, 0.1) is 0 Å². The fraction of sp³-hybridized carbons (Fsp3) is 0. The summed E-state index contributed by atoms with van der Waals surface area (Å²) in [6.07, 6.45) is 0. The van der Waals surface area contributed by atoms with Crippen molar-refractivity contribution < 1.29 is 4.21 Å². The molecule has 0 aromatic carbocycles. The second-order valence-corrected chi connectivity index (χ2v) is 1.15. The van der Waals surface area contributed by atoms with Crippen molar-refractivity contribution in [3.63, 3.8) is 0 Å². The van der Waals surface area contributed by atoms with E-state index in [0.717, 1.165) is 4.70 Å². The monoisotopic (exact) mass is 92.9 g/mol. The van der Waals surface area contributed by atoms with Crippen molar-refractivity contribution in [2.24, 2.45) is 0 Å². The van der Waals surface area contributed by atoms with Crippen LogP contribution in [0.3, 0.4) is 0 Å². The maximum Gasteiger partial charge on any atom is 0.509 e. The van der Waals surface area contributed by atoms with Crippen molar-refractivity contribution in [3.05, 3.63) is 0 Å². The zero-order valence-corrected chi connectivity index (χ0v) is 3.44. The van der Waals surface area contributed by atoms with Crippen LogP contribution < -0.4 is 0 Å². The molecule has 0 rings (SSSR count). The molecule has 0 aliphatic rings. The second kappa shape index (κ2) is 3.11. The number of hydrogen-bond acceptors (Lipinski definition) is 2. The molecule has 0 aliphatic heterocycles. The summed E-state index contributed by atoms with van der Waals surface area (Å²) in [7, 11) is 0. The first kappa shape index (κ1) is 4.11. The van der Waals surface area contributed by atoms with Gasteiger partial charge in [0.2, 0.25) is 0 Å². The fourth-order valence-electron chi connectivity index (χ4n) is 0. The zero-order valence-electron chi connectivity index (χ0n) is 1.80. The van der Waals surface area contributed by atoms with Crippen LogP contribution in [0.4, 0.5) is 0 Å². The molecule has 0 saturated carbocycles. The number of hydrogen-bond donors (Lipinski definition) is 0. The molecule has 4 heavy (non-hydrogen) atoms. The maximum atomic E-state index is 9.06. The van der Waals surface area contributed by atoms with Gasteiger partial charge in [-0.15, -0.1) is 0 Å². The topological polar surface area (TPSA) is 17.1 Å². The first-order valence-corrected chi connectivity index (χ1v) is 1.91. The molecule has 0 unspecified atom stereocenters. The van der Waals surface area contributed by atoms with Gasteiger partial charge in [-0.05, 0) is 12.2 Å². The molecule has 22 valence electrons. The number of thiocarbonyl (C=S) groups is 1.